The summed E-state index contributed by atoms with van der Waals surface area (Å²) in [5.41, 5.74) is 27.3. The van der Waals surface area contributed by atoms with Crippen molar-refractivity contribution in [1.29, 1.82) is 0 Å². The molecule has 0 aliphatic heterocycles. The monoisotopic (exact) mass is 1060 g/mol. The van der Waals surface area contributed by atoms with Gasteiger partial charge in [0.05, 0.1) is 12.5 Å². The molecule has 406 valence electrons. The van der Waals surface area contributed by atoms with Crippen molar-refractivity contribution in [2.45, 2.75) is 103 Å². The molecule has 3 aliphatic carbocycles. The molecule has 0 saturated heterocycles. The molecule has 0 heterocycles. The van der Waals surface area contributed by atoms with Crippen molar-refractivity contribution in [2.75, 3.05) is 23.1 Å². The first-order chi connectivity index (χ1) is 38.7. The molecule has 0 unspecified atom stereocenters. The normalized spacial score (nSPS) is 13.6. The summed E-state index contributed by atoms with van der Waals surface area (Å²) in [4.78, 5) is 0. The molecule has 3 aliphatic rings. The summed E-state index contributed by atoms with van der Waals surface area (Å²) in [5.74, 6) is 0.855. The zero-order valence-electron chi connectivity index (χ0n) is 49.3. The van der Waals surface area contributed by atoms with Gasteiger partial charge in [0.25, 0.3) is 0 Å². The summed E-state index contributed by atoms with van der Waals surface area (Å²) in [6.07, 6.45) is 0. The second-order valence-corrected chi connectivity index (χ2v) is 25.7. The molecule has 0 amide bonds. The van der Waals surface area contributed by atoms with E-state index in [0.717, 1.165) is 39.9 Å². The molecular formula is C77H77N3O. The number of hydrogen-bond donors (Lipinski definition) is 3. The summed E-state index contributed by atoms with van der Waals surface area (Å²) < 4.78 is 5.32. The number of nitrogens with one attached hydrogen (secondary N) is 3. The van der Waals surface area contributed by atoms with Crippen molar-refractivity contribution in [3.8, 4) is 39.1 Å². The molecule has 0 atom stereocenters. The summed E-state index contributed by atoms with van der Waals surface area (Å²) >= 11 is 0. The molecule has 0 aromatic heterocycles. The van der Waals surface area contributed by atoms with Crippen molar-refractivity contribution < 1.29 is 4.74 Å². The first-order valence-electron chi connectivity index (χ1n) is 28.7. The van der Waals surface area contributed by atoms with E-state index in [1.54, 1.807) is 7.11 Å². The van der Waals surface area contributed by atoms with Gasteiger partial charge in [0.1, 0.15) is 5.75 Å². The van der Waals surface area contributed by atoms with E-state index in [4.69, 9.17) is 4.74 Å². The molecule has 0 bridgehead atoms. The summed E-state index contributed by atoms with van der Waals surface area (Å²) in [5, 5.41) is 10.6. The minimum Gasteiger partial charge on any atom is -0.497 e. The third kappa shape index (κ3) is 10.5. The number of ether oxygens (including phenoxy) is 1. The van der Waals surface area contributed by atoms with Crippen LogP contribution in [0, 0.1) is 0 Å². The molecule has 0 saturated carbocycles. The largest absolute Gasteiger partial charge is 0.497 e. The fraction of sp³-hybridized carbons (Fsp3) is 0.221. The zero-order chi connectivity index (χ0) is 56.9. The molecule has 1 spiro atoms. The van der Waals surface area contributed by atoms with E-state index in [9.17, 15) is 0 Å². The van der Waals surface area contributed by atoms with Crippen LogP contribution in [0.3, 0.4) is 0 Å². The van der Waals surface area contributed by atoms with Crippen LogP contribution in [0.1, 0.15) is 126 Å². The molecule has 0 fully saturated rings. The Bertz CT molecular complexity index is 3760. The number of benzene rings is 10. The van der Waals surface area contributed by atoms with Gasteiger partial charge in [-0.15, -0.1) is 0 Å². The smallest absolute Gasteiger partial charge is 0.119 e. The molecule has 3 N–H and O–H groups in total. The first-order valence-corrected chi connectivity index (χ1v) is 28.7. The van der Waals surface area contributed by atoms with Crippen LogP contribution in [-0.4, -0.2) is 7.11 Å². The van der Waals surface area contributed by atoms with Gasteiger partial charge in [0.15, 0.2) is 0 Å². The molecule has 4 nitrogen and oxygen atoms in total. The van der Waals surface area contributed by atoms with Gasteiger partial charge in [-0.2, -0.15) is 0 Å². The second-order valence-electron chi connectivity index (χ2n) is 25.7. The number of anilines is 6. The minimum absolute atomic E-state index is 0.0414. The third-order valence-corrected chi connectivity index (χ3v) is 16.8. The van der Waals surface area contributed by atoms with E-state index in [0.29, 0.717) is 0 Å². The maximum atomic E-state index is 5.32. The number of rotatable bonds is 7. The van der Waals surface area contributed by atoms with Gasteiger partial charge in [0, 0.05) is 39.5 Å². The number of methoxy groups -OCH3 is 1. The van der Waals surface area contributed by atoms with Crippen LogP contribution in [-0.2, 0) is 27.1 Å². The highest BCUT2D eigenvalue weighted by Crippen LogP contribution is 2.63. The topological polar surface area (TPSA) is 45.3 Å². The van der Waals surface area contributed by atoms with Gasteiger partial charge in [-0.3, -0.25) is 0 Å². The van der Waals surface area contributed by atoms with Crippen LogP contribution in [0.5, 0.6) is 5.75 Å². The third-order valence-electron chi connectivity index (χ3n) is 16.8. The van der Waals surface area contributed by atoms with Gasteiger partial charge in [-0.25, -0.2) is 0 Å². The lowest BCUT2D eigenvalue weighted by molar-refractivity contribution is 0.415. The Kier molecular flexibility index (Phi) is 14.2. The Labute approximate surface area is 482 Å². The quantitative estimate of drug-likeness (QED) is 0.149. The number of hydrogen-bond acceptors (Lipinski definition) is 4. The van der Waals surface area contributed by atoms with E-state index in [-0.39, 0.29) is 27.1 Å². The summed E-state index contributed by atoms with van der Waals surface area (Å²) in [7, 11) is 1.69. The van der Waals surface area contributed by atoms with Crippen LogP contribution < -0.4 is 20.7 Å². The lowest BCUT2D eigenvalue weighted by Gasteiger charge is -2.30. The van der Waals surface area contributed by atoms with E-state index in [2.05, 4.69) is 311 Å². The maximum Gasteiger partial charge on any atom is 0.119 e. The Morgan fingerprint density at radius 1 is 0.284 bits per heavy atom. The average molecular weight is 1060 g/mol. The minimum atomic E-state index is -0.309. The Hall–Kier alpha value is -8.60. The molecule has 10 aromatic rings. The van der Waals surface area contributed by atoms with Crippen molar-refractivity contribution in [1.82, 2.24) is 0 Å². The van der Waals surface area contributed by atoms with E-state index < -0.39 is 0 Å². The lowest BCUT2D eigenvalue weighted by atomic mass is 9.70. The lowest BCUT2D eigenvalue weighted by Crippen LogP contribution is -2.25. The highest BCUT2D eigenvalue weighted by molar-refractivity contribution is 5.96. The second kappa shape index (κ2) is 21.1. The van der Waals surface area contributed by atoms with Crippen molar-refractivity contribution >= 4 is 34.1 Å². The number of fused-ring (bicyclic) bond motifs is 13. The SMILES string of the molecule is CC(C)(C)c1ccc(Nc2ccc(C(C)(C)C)cc2)cc1.CC(C)(C)c1ccc(Nc2ccc3c(c2)C(C)(C)c2ccccc2-3)cc1.COc1ccc(Nc2ccc3c(c2)C2(c4ccccc4-c4ccccc42)c2ccccc2-3)cc1. The molecular weight excluding hydrogens is 983 g/mol. The van der Waals surface area contributed by atoms with E-state index >= 15 is 0 Å². The standard InChI is InChI=1S/C32H23NO.C25H27N.C20H27N/c1-34-23-17-14-21(15-18-23)33-22-16-19-27-26-10-4-7-13-30(26)32(31(27)20-22)28-11-5-2-8-24(28)25-9-3-6-12-29(25)32;1-24(2,3)17-10-12-18(13-11-17)26-19-14-15-21-20-8-6-7-9-22(20)25(4,5)23(21)16-19;1-19(2,3)15-7-11-17(12-8-15)21-18-13-9-16(10-14-18)20(4,5)6/h2-20,33H,1H3;6-16,26H,1-5H3;7-14,21H,1-6H3. The molecule has 0 radical (unpaired) electrons. The van der Waals surface area contributed by atoms with Crippen molar-refractivity contribution in [3.63, 3.8) is 0 Å². The van der Waals surface area contributed by atoms with Crippen LogP contribution in [0.4, 0.5) is 34.1 Å². The predicted octanol–water partition coefficient (Wildman–Crippen LogP) is 20.8. The predicted molar refractivity (Wildman–Crippen MR) is 345 cm³/mol. The van der Waals surface area contributed by atoms with Crippen molar-refractivity contribution in [2.24, 2.45) is 0 Å². The Morgan fingerprint density at radius 3 is 0.914 bits per heavy atom. The fourth-order valence-corrected chi connectivity index (χ4v) is 12.3. The van der Waals surface area contributed by atoms with Crippen LogP contribution >= 0.6 is 0 Å². The van der Waals surface area contributed by atoms with Gasteiger partial charge >= 0.3 is 0 Å². The Balaban J connectivity index is 0.000000132. The van der Waals surface area contributed by atoms with Gasteiger partial charge < -0.3 is 20.7 Å². The highest BCUT2D eigenvalue weighted by atomic mass is 16.5. The van der Waals surface area contributed by atoms with Gasteiger partial charge in [0.2, 0.25) is 0 Å². The Morgan fingerprint density at radius 2 is 0.556 bits per heavy atom. The van der Waals surface area contributed by atoms with Crippen molar-refractivity contribution in [3.05, 3.63) is 281 Å². The van der Waals surface area contributed by atoms with Crippen LogP contribution in [0.2, 0.25) is 0 Å². The van der Waals surface area contributed by atoms with Crippen LogP contribution in [0.15, 0.2) is 231 Å². The maximum absolute atomic E-state index is 5.32. The van der Waals surface area contributed by atoms with E-state index in [1.165, 1.54) is 83.5 Å². The van der Waals surface area contributed by atoms with Gasteiger partial charge in [-0.1, -0.05) is 222 Å². The highest BCUT2D eigenvalue weighted by Gasteiger charge is 2.51. The summed E-state index contributed by atoms with van der Waals surface area (Å²) in [6.45, 7) is 24.8. The van der Waals surface area contributed by atoms with E-state index in [1.807, 2.05) is 12.1 Å². The molecule has 81 heavy (non-hydrogen) atoms. The first kappa shape index (κ1) is 54.4. The molecule has 10 aromatic carbocycles. The van der Waals surface area contributed by atoms with Crippen LogP contribution in [0.25, 0.3) is 33.4 Å². The zero-order valence-corrected chi connectivity index (χ0v) is 49.3. The fourth-order valence-electron chi connectivity index (χ4n) is 12.3. The molecule has 4 heteroatoms. The average Bonchev–Trinajstić information content (AvgIpc) is 1.82. The molecule has 13 rings (SSSR count). The van der Waals surface area contributed by atoms with Gasteiger partial charge in [-0.05, 0) is 185 Å². The summed E-state index contributed by atoms with van der Waals surface area (Å²) in [6, 6.07) is 83.3.